The molecule has 1 atom stereocenters. The Morgan fingerprint density at radius 1 is 1.38 bits per heavy atom. The van der Waals surface area contributed by atoms with Crippen LogP contribution < -0.4 is 10.6 Å². The van der Waals surface area contributed by atoms with Crippen molar-refractivity contribution >= 4 is 17.7 Å². The first-order valence-corrected chi connectivity index (χ1v) is 9.39. The van der Waals surface area contributed by atoms with Crippen molar-refractivity contribution in [1.82, 2.24) is 15.5 Å². The summed E-state index contributed by atoms with van der Waals surface area (Å²) in [6.45, 7) is 7.11. The summed E-state index contributed by atoms with van der Waals surface area (Å²) in [5, 5.41) is 6.98. The van der Waals surface area contributed by atoms with Gasteiger partial charge < -0.3 is 10.6 Å². The minimum Gasteiger partial charge on any atom is -0.356 e. The molecule has 21 heavy (non-hydrogen) atoms. The normalized spacial score (nSPS) is 24.4. The van der Waals surface area contributed by atoms with E-state index >= 15 is 0 Å². The largest absolute Gasteiger partial charge is 0.356 e. The number of likely N-dealkylation sites (tertiary alicyclic amines) is 1. The van der Waals surface area contributed by atoms with Crippen LogP contribution in [0, 0.1) is 0 Å². The molecule has 2 aliphatic rings. The second kappa shape index (κ2) is 9.36. The third-order valence-electron chi connectivity index (χ3n) is 4.40. The van der Waals surface area contributed by atoms with E-state index in [1.807, 2.05) is 24.9 Å². The third-order valence-corrected chi connectivity index (χ3v) is 5.36. The highest BCUT2D eigenvalue weighted by molar-refractivity contribution is 7.99. The van der Waals surface area contributed by atoms with Crippen LogP contribution in [0.2, 0.25) is 0 Å². The number of rotatable bonds is 7. The predicted octanol–water partition coefficient (Wildman–Crippen LogP) is 2.09. The van der Waals surface area contributed by atoms with Crippen LogP contribution >= 0.6 is 11.8 Å². The lowest BCUT2D eigenvalue weighted by atomic mass is 10.2. The number of hydrogen-bond acceptors (Lipinski definition) is 3. The van der Waals surface area contributed by atoms with Crippen molar-refractivity contribution in [3.63, 3.8) is 0 Å². The van der Waals surface area contributed by atoms with E-state index in [0.717, 1.165) is 30.1 Å². The van der Waals surface area contributed by atoms with Crippen molar-refractivity contribution in [2.24, 2.45) is 4.99 Å². The molecule has 1 aliphatic heterocycles. The highest BCUT2D eigenvalue weighted by atomic mass is 32.2. The maximum absolute atomic E-state index is 4.34. The van der Waals surface area contributed by atoms with Gasteiger partial charge in [0.15, 0.2) is 5.96 Å². The summed E-state index contributed by atoms with van der Waals surface area (Å²) in [7, 11) is 1.86. The van der Waals surface area contributed by atoms with Crippen molar-refractivity contribution < 1.29 is 0 Å². The van der Waals surface area contributed by atoms with Crippen LogP contribution in [-0.2, 0) is 0 Å². The van der Waals surface area contributed by atoms with Gasteiger partial charge in [0, 0.05) is 50.3 Å². The van der Waals surface area contributed by atoms with Gasteiger partial charge in [0.1, 0.15) is 0 Å². The summed E-state index contributed by atoms with van der Waals surface area (Å²) in [5.41, 5.74) is 0. The molecule has 2 rings (SSSR count). The van der Waals surface area contributed by atoms with E-state index in [4.69, 9.17) is 0 Å². The standard InChI is InChI=1S/C16H30N4S/c1-3-11-21-12-9-18-16(17-2)19-14-8-10-20(13-14)15-6-4-5-7-15/h3,14-15H,1,4-13H2,2H3,(H2,17,18,19). The smallest absolute Gasteiger partial charge is 0.191 e. The van der Waals surface area contributed by atoms with Gasteiger partial charge in [-0.1, -0.05) is 18.9 Å². The SMILES string of the molecule is C=CCSCCNC(=NC)NC1CCN(C2CCCC2)C1. The minimum atomic E-state index is 0.553. The molecule has 0 radical (unpaired) electrons. The zero-order chi connectivity index (χ0) is 14.9. The van der Waals surface area contributed by atoms with E-state index in [1.54, 1.807) is 0 Å². The first-order valence-electron chi connectivity index (χ1n) is 8.23. The van der Waals surface area contributed by atoms with Gasteiger partial charge in [-0.05, 0) is 19.3 Å². The summed E-state index contributed by atoms with van der Waals surface area (Å²) in [6.07, 6.45) is 8.84. The van der Waals surface area contributed by atoms with Gasteiger partial charge >= 0.3 is 0 Å². The van der Waals surface area contributed by atoms with Crippen LogP contribution in [-0.4, -0.2) is 61.1 Å². The maximum atomic E-state index is 4.34. The molecule has 5 heteroatoms. The molecule has 1 heterocycles. The number of hydrogen-bond donors (Lipinski definition) is 2. The van der Waals surface area contributed by atoms with E-state index in [1.165, 1.54) is 45.2 Å². The second-order valence-electron chi connectivity index (χ2n) is 5.93. The van der Waals surface area contributed by atoms with Gasteiger partial charge in [0.25, 0.3) is 0 Å². The summed E-state index contributed by atoms with van der Waals surface area (Å²) < 4.78 is 0. The zero-order valence-corrected chi connectivity index (χ0v) is 14.1. The molecule has 1 unspecified atom stereocenters. The van der Waals surface area contributed by atoms with Gasteiger partial charge in [0.05, 0.1) is 0 Å². The number of guanidine groups is 1. The average molecular weight is 311 g/mol. The lowest BCUT2D eigenvalue weighted by molar-refractivity contribution is 0.242. The Morgan fingerprint density at radius 2 is 2.19 bits per heavy atom. The van der Waals surface area contributed by atoms with Gasteiger partial charge in [-0.3, -0.25) is 9.89 Å². The van der Waals surface area contributed by atoms with E-state index < -0.39 is 0 Å². The first kappa shape index (κ1) is 16.7. The highest BCUT2D eigenvalue weighted by Crippen LogP contribution is 2.26. The zero-order valence-electron chi connectivity index (χ0n) is 13.3. The second-order valence-corrected chi connectivity index (χ2v) is 7.08. The Labute approximate surface area is 133 Å². The van der Waals surface area contributed by atoms with Gasteiger partial charge in [-0.15, -0.1) is 6.58 Å². The van der Waals surface area contributed by atoms with Crippen molar-refractivity contribution in [3.05, 3.63) is 12.7 Å². The van der Waals surface area contributed by atoms with Crippen LogP contribution in [0.25, 0.3) is 0 Å². The fourth-order valence-electron chi connectivity index (χ4n) is 3.30. The molecule has 0 aromatic carbocycles. The molecule has 120 valence electrons. The molecule has 0 spiro atoms. The molecule has 4 nitrogen and oxygen atoms in total. The first-order chi connectivity index (χ1) is 10.3. The van der Waals surface area contributed by atoms with E-state index in [9.17, 15) is 0 Å². The van der Waals surface area contributed by atoms with Crippen molar-refractivity contribution in [3.8, 4) is 0 Å². The van der Waals surface area contributed by atoms with E-state index in [0.29, 0.717) is 6.04 Å². The minimum absolute atomic E-state index is 0.553. The third kappa shape index (κ3) is 5.55. The van der Waals surface area contributed by atoms with Crippen molar-refractivity contribution in [2.75, 3.05) is 38.2 Å². The molecule has 1 saturated heterocycles. The summed E-state index contributed by atoms with van der Waals surface area (Å²) in [5.74, 6) is 3.06. The number of nitrogens with one attached hydrogen (secondary N) is 2. The van der Waals surface area contributed by atoms with Crippen LogP contribution in [0.1, 0.15) is 32.1 Å². The molecule has 1 saturated carbocycles. The molecule has 0 bridgehead atoms. The molecular weight excluding hydrogens is 280 g/mol. The van der Waals surface area contributed by atoms with Gasteiger partial charge in [-0.2, -0.15) is 11.8 Å². The quantitative estimate of drug-likeness (QED) is 0.327. The van der Waals surface area contributed by atoms with Crippen LogP contribution in [0.15, 0.2) is 17.6 Å². The summed E-state index contributed by atoms with van der Waals surface area (Å²) >= 11 is 1.89. The molecule has 0 aromatic rings. The number of nitrogens with zero attached hydrogens (tertiary/aromatic N) is 2. The lowest BCUT2D eigenvalue weighted by Crippen LogP contribution is -2.45. The Hall–Kier alpha value is -0.680. The molecule has 0 amide bonds. The topological polar surface area (TPSA) is 39.7 Å². The number of thioether (sulfide) groups is 1. The van der Waals surface area contributed by atoms with Gasteiger partial charge in [0.2, 0.25) is 0 Å². The Bertz CT molecular complexity index is 339. The Balaban J connectivity index is 1.64. The number of aliphatic imine (C=N–C) groups is 1. The maximum Gasteiger partial charge on any atom is 0.191 e. The Kier molecular flexibility index (Phi) is 7.44. The molecule has 2 N–H and O–H groups in total. The van der Waals surface area contributed by atoms with Crippen molar-refractivity contribution in [2.45, 2.75) is 44.2 Å². The van der Waals surface area contributed by atoms with Gasteiger partial charge in [-0.25, -0.2) is 0 Å². The molecular formula is C16H30N4S. The molecule has 2 fully saturated rings. The average Bonchev–Trinajstić information content (AvgIpc) is 3.16. The predicted molar refractivity (Wildman–Crippen MR) is 94.3 cm³/mol. The fraction of sp³-hybridized carbons (Fsp3) is 0.812. The molecule has 1 aliphatic carbocycles. The van der Waals surface area contributed by atoms with Crippen molar-refractivity contribution in [1.29, 1.82) is 0 Å². The monoisotopic (exact) mass is 310 g/mol. The summed E-state index contributed by atoms with van der Waals surface area (Å²) in [6, 6.07) is 1.40. The van der Waals surface area contributed by atoms with Crippen LogP contribution in [0.3, 0.4) is 0 Å². The van der Waals surface area contributed by atoms with Crippen LogP contribution in [0.4, 0.5) is 0 Å². The lowest BCUT2D eigenvalue weighted by Gasteiger charge is -2.24. The van der Waals surface area contributed by atoms with E-state index in [2.05, 4.69) is 27.1 Å². The fourth-order valence-corrected chi connectivity index (χ4v) is 3.88. The van der Waals surface area contributed by atoms with E-state index in [-0.39, 0.29) is 0 Å². The Morgan fingerprint density at radius 3 is 2.90 bits per heavy atom. The summed E-state index contributed by atoms with van der Waals surface area (Å²) in [4.78, 5) is 7.02. The van der Waals surface area contributed by atoms with Crippen LogP contribution in [0.5, 0.6) is 0 Å². The highest BCUT2D eigenvalue weighted by Gasteiger charge is 2.30. The molecule has 0 aromatic heterocycles.